The van der Waals surface area contributed by atoms with Crippen LogP contribution in [0.25, 0.3) is 0 Å². The number of nitrogens with one attached hydrogen (secondary N) is 1. The first kappa shape index (κ1) is 16.0. The summed E-state index contributed by atoms with van der Waals surface area (Å²) in [5, 5.41) is 2.82. The third-order valence-corrected chi connectivity index (χ3v) is 3.93. The second kappa shape index (κ2) is 6.70. The van der Waals surface area contributed by atoms with Gasteiger partial charge in [0.05, 0.1) is 11.3 Å². The normalized spacial score (nSPS) is 13.2. The van der Waals surface area contributed by atoms with E-state index < -0.39 is 0 Å². The summed E-state index contributed by atoms with van der Waals surface area (Å²) in [5.41, 5.74) is 1.91. The number of carbonyl (C=O) groups is 2. The predicted molar refractivity (Wildman–Crippen MR) is 87.8 cm³/mol. The fourth-order valence-corrected chi connectivity index (χ4v) is 2.55. The highest BCUT2D eigenvalue weighted by atomic mass is 19.1. The van der Waals surface area contributed by atoms with E-state index >= 15 is 0 Å². The lowest BCUT2D eigenvalue weighted by molar-refractivity contribution is -0.121. The van der Waals surface area contributed by atoms with Crippen molar-refractivity contribution < 1.29 is 18.7 Å². The molecule has 1 heterocycles. The van der Waals surface area contributed by atoms with E-state index in [2.05, 4.69) is 5.32 Å². The van der Waals surface area contributed by atoms with Gasteiger partial charge in [-0.2, -0.15) is 0 Å². The monoisotopic (exact) mass is 328 g/mol. The molecule has 1 N–H and O–H groups in total. The molecule has 0 bridgehead atoms. The number of nitrogens with zero attached hydrogens (tertiary/aromatic N) is 1. The molecule has 6 heteroatoms. The van der Waals surface area contributed by atoms with Crippen LogP contribution < -0.4 is 15.0 Å². The third-order valence-electron chi connectivity index (χ3n) is 3.93. The SMILES string of the molecule is CN1C(=O)COc2c(C(=O)NCCc3ccc(F)cc3)cccc21. The van der Waals surface area contributed by atoms with Crippen LogP contribution in [0.3, 0.4) is 0 Å². The van der Waals surface area contributed by atoms with Gasteiger partial charge in [-0.3, -0.25) is 9.59 Å². The third kappa shape index (κ3) is 3.22. The van der Waals surface area contributed by atoms with Crippen LogP contribution in [0.4, 0.5) is 10.1 Å². The molecular weight excluding hydrogens is 311 g/mol. The Kier molecular flexibility index (Phi) is 4.46. The maximum atomic E-state index is 12.9. The minimum atomic E-state index is -0.283. The van der Waals surface area contributed by atoms with Crippen LogP contribution in [-0.2, 0) is 11.2 Å². The topological polar surface area (TPSA) is 58.6 Å². The molecule has 0 spiro atoms. The van der Waals surface area contributed by atoms with Gasteiger partial charge in [0, 0.05) is 13.6 Å². The smallest absolute Gasteiger partial charge is 0.264 e. The number of rotatable bonds is 4. The number of ether oxygens (including phenoxy) is 1. The van der Waals surface area contributed by atoms with Crippen molar-refractivity contribution in [3.05, 3.63) is 59.4 Å². The fraction of sp³-hybridized carbons (Fsp3) is 0.222. The molecule has 5 nitrogen and oxygen atoms in total. The number of benzene rings is 2. The van der Waals surface area contributed by atoms with E-state index in [9.17, 15) is 14.0 Å². The number of likely N-dealkylation sites (N-methyl/N-ethyl adjacent to an activating group) is 1. The average Bonchev–Trinajstić information content (AvgIpc) is 2.59. The highest BCUT2D eigenvalue weighted by Crippen LogP contribution is 2.34. The van der Waals surface area contributed by atoms with Crippen molar-refractivity contribution >= 4 is 17.5 Å². The maximum absolute atomic E-state index is 12.9. The van der Waals surface area contributed by atoms with E-state index in [1.807, 2.05) is 0 Å². The largest absolute Gasteiger partial charge is 0.481 e. The minimum Gasteiger partial charge on any atom is -0.481 e. The summed E-state index contributed by atoms with van der Waals surface area (Å²) in [6.45, 7) is 0.340. The standard InChI is InChI=1S/C18H17FN2O3/c1-21-15-4-2-3-14(17(15)24-11-16(21)22)18(23)20-10-9-12-5-7-13(19)8-6-12/h2-8H,9-11H2,1H3,(H,20,23). The van der Waals surface area contributed by atoms with Crippen LogP contribution in [-0.4, -0.2) is 32.0 Å². The zero-order chi connectivity index (χ0) is 17.1. The number of amides is 2. The Hall–Kier alpha value is -2.89. The van der Waals surface area contributed by atoms with Gasteiger partial charge in [-0.25, -0.2) is 4.39 Å². The van der Waals surface area contributed by atoms with Crippen molar-refractivity contribution in [3.8, 4) is 5.75 Å². The summed E-state index contributed by atoms with van der Waals surface area (Å²) < 4.78 is 18.3. The van der Waals surface area contributed by atoms with E-state index in [-0.39, 0.29) is 24.2 Å². The van der Waals surface area contributed by atoms with Crippen molar-refractivity contribution in [2.45, 2.75) is 6.42 Å². The predicted octanol–water partition coefficient (Wildman–Crippen LogP) is 2.15. The van der Waals surface area contributed by atoms with Crippen LogP contribution >= 0.6 is 0 Å². The van der Waals surface area contributed by atoms with Gasteiger partial charge in [0.2, 0.25) is 0 Å². The van der Waals surface area contributed by atoms with E-state index in [0.717, 1.165) is 5.56 Å². The van der Waals surface area contributed by atoms with E-state index in [1.165, 1.54) is 17.0 Å². The Morgan fingerprint density at radius 2 is 2.00 bits per heavy atom. The summed E-state index contributed by atoms with van der Waals surface area (Å²) in [7, 11) is 1.65. The molecule has 1 aliphatic rings. The maximum Gasteiger partial charge on any atom is 0.264 e. The summed E-state index contributed by atoms with van der Waals surface area (Å²) >= 11 is 0. The summed E-state index contributed by atoms with van der Waals surface area (Å²) in [4.78, 5) is 25.5. The molecule has 0 aromatic heterocycles. The molecule has 2 aromatic carbocycles. The second-order valence-electron chi connectivity index (χ2n) is 5.53. The van der Waals surface area contributed by atoms with Crippen LogP contribution in [0.1, 0.15) is 15.9 Å². The highest BCUT2D eigenvalue weighted by Gasteiger charge is 2.26. The summed E-state index contributed by atoms with van der Waals surface area (Å²) in [6.07, 6.45) is 0.598. The molecule has 124 valence electrons. The van der Waals surface area contributed by atoms with E-state index in [0.29, 0.717) is 30.0 Å². The van der Waals surface area contributed by atoms with Gasteiger partial charge in [0.1, 0.15) is 5.82 Å². The van der Waals surface area contributed by atoms with Crippen molar-refractivity contribution in [1.82, 2.24) is 5.32 Å². The minimum absolute atomic E-state index is 0.0800. The number of halogens is 1. The second-order valence-corrected chi connectivity index (χ2v) is 5.53. The van der Waals surface area contributed by atoms with Crippen LogP contribution in [0, 0.1) is 5.82 Å². The first-order valence-electron chi connectivity index (χ1n) is 7.61. The molecule has 3 rings (SSSR count). The molecule has 2 aromatic rings. The van der Waals surface area contributed by atoms with Crippen LogP contribution in [0.2, 0.25) is 0 Å². The van der Waals surface area contributed by atoms with Crippen LogP contribution in [0.5, 0.6) is 5.75 Å². The lowest BCUT2D eigenvalue weighted by Gasteiger charge is -2.27. The number of para-hydroxylation sites is 1. The highest BCUT2D eigenvalue weighted by molar-refractivity contribution is 6.03. The van der Waals surface area contributed by atoms with Crippen molar-refractivity contribution in [3.63, 3.8) is 0 Å². The van der Waals surface area contributed by atoms with Gasteiger partial charge >= 0.3 is 0 Å². The molecule has 0 atom stereocenters. The van der Waals surface area contributed by atoms with Crippen LogP contribution in [0.15, 0.2) is 42.5 Å². The lowest BCUT2D eigenvalue weighted by Crippen LogP contribution is -2.36. The number of anilines is 1. The Morgan fingerprint density at radius 1 is 1.25 bits per heavy atom. The Labute approximate surface area is 139 Å². The quantitative estimate of drug-likeness (QED) is 0.936. The van der Waals surface area contributed by atoms with Crippen molar-refractivity contribution in [2.75, 3.05) is 25.1 Å². The van der Waals surface area contributed by atoms with Crippen molar-refractivity contribution in [1.29, 1.82) is 0 Å². The number of carbonyl (C=O) groups excluding carboxylic acids is 2. The zero-order valence-electron chi connectivity index (χ0n) is 13.2. The van der Waals surface area contributed by atoms with E-state index in [1.54, 1.807) is 37.4 Å². The van der Waals surface area contributed by atoms with Gasteiger partial charge in [-0.1, -0.05) is 18.2 Å². The number of fused-ring (bicyclic) bond motifs is 1. The van der Waals surface area contributed by atoms with Crippen molar-refractivity contribution in [2.24, 2.45) is 0 Å². The number of hydrogen-bond acceptors (Lipinski definition) is 3. The summed E-state index contributed by atoms with van der Waals surface area (Å²) in [5.74, 6) is -0.290. The van der Waals surface area contributed by atoms with Gasteiger partial charge in [0.15, 0.2) is 12.4 Å². The molecule has 2 amide bonds. The first-order chi connectivity index (χ1) is 11.6. The molecular formula is C18H17FN2O3. The number of hydrogen-bond donors (Lipinski definition) is 1. The van der Waals surface area contributed by atoms with E-state index in [4.69, 9.17) is 4.74 Å². The Morgan fingerprint density at radius 3 is 2.75 bits per heavy atom. The molecule has 0 radical (unpaired) electrons. The lowest BCUT2D eigenvalue weighted by atomic mass is 10.1. The Balaban J connectivity index is 1.67. The Bertz CT molecular complexity index is 774. The average molecular weight is 328 g/mol. The fourth-order valence-electron chi connectivity index (χ4n) is 2.55. The molecule has 24 heavy (non-hydrogen) atoms. The van der Waals surface area contributed by atoms with Gasteiger partial charge in [-0.05, 0) is 36.2 Å². The molecule has 0 unspecified atom stereocenters. The first-order valence-corrected chi connectivity index (χ1v) is 7.61. The molecule has 0 saturated heterocycles. The molecule has 0 saturated carbocycles. The van der Waals surface area contributed by atoms with Gasteiger partial charge < -0.3 is 15.0 Å². The molecule has 0 fully saturated rings. The van der Waals surface area contributed by atoms with Gasteiger partial charge in [-0.15, -0.1) is 0 Å². The summed E-state index contributed by atoms with van der Waals surface area (Å²) in [6, 6.07) is 11.3. The molecule has 0 aliphatic carbocycles. The zero-order valence-corrected chi connectivity index (χ0v) is 13.2. The molecule has 1 aliphatic heterocycles. The van der Waals surface area contributed by atoms with Gasteiger partial charge in [0.25, 0.3) is 11.8 Å².